The summed E-state index contributed by atoms with van der Waals surface area (Å²) in [6.45, 7) is 0.520. The van der Waals surface area contributed by atoms with Gasteiger partial charge in [-0.25, -0.2) is 0 Å². The largest absolute Gasteiger partial charge is 0.380 e. The molecule has 1 heterocycles. The van der Waals surface area contributed by atoms with Gasteiger partial charge in [-0.15, -0.1) is 4.40 Å². The van der Waals surface area contributed by atoms with Crippen LogP contribution in [0.15, 0.2) is 51.8 Å². The van der Waals surface area contributed by atoms with Gasteiger partial charge in [-0.1, -0.05) is 24.3 Å². The van der Waals surface area contributed by atoms with Crippen molar-refractivity contribution in [3.63, 3.8) is 0 Å². The smallest absolute Gasteiger partial charge is 0.286 e. The zero-order chi connectivity index (χ0) is 19.4. The average molecular weight is 498 g/mol. The molecule has 0 unspecified atom stereocenters. The average Bonchev–Trinajstić information content (AvgIpc) is 2.63. The summed E-state index contributed by atoms with van der Waals surface area (Å²) in [5.41, 5.74) is 2.60. The lowest BCUT2D eigenvalue weighted by Gasteiger charge is -2.17. The molecule has 8 heteroatoms. The first-order valence-electron chi connectivity index (χ1n) is 8.41. The van der Waals surface area contributed by atoms with Crippen molar-refractivity contribution in [3.05, 3.63) is 57.2 Å². The van der Waals surface area contributed by atoms with Crippen LogP contribution in [0.25, 0.3) is 0 Å². The molecular formula is C19H19IN2O4S. The molecule has 0 radical (unpaired) electrons. The minimum Gasteiger partial charge on any atom is -0.380 e. The van der Waals surface area contributed by atoms with Gasteiger partial charge in [0.15, 0.2) is 11.6 Å². The summed E-state index contributed by atoms with van der Waals surface area (Å²) in [6.07, 6.45) is 1.52. The molecule has 0 aromatic heterocycles. The van der Waals surface area contributed by atoms with Crippen molar-refractivity contribution in [2.75, 3.05) is 12.4 Å². The number of sulfonamides is 1. The van der Waals surface area contributed by atoms with Crippen molar-refractivity contribution in [2.24, 2.45) is 4.40 Å². The maximum Gasteiger partial charge on any atom is 0.286 e. The Bertz CT molecular complexity index is 1000. The maximum atomic E-state index is 12.5. The highest BCUT2D eigenvalue weighted by Crippen LogP contribution is 2.29. The number of ether oxygens (including phenoxy) is 1. The number of carbonyl (C=O) groups is 1. The third-order valence-electron chi connectivity index (χ3n) is 4.22. The van der Waals surface area contributed by atoms with Crippen LogP contribution in [-0.2, 0) is 32.6 Å². The van der Waals surface area contributed by atoms with Gasteiger partial charge in [0, 0.05) is 17.1 Å². The molecule has 0 saturated heterocycles. The zero-order valence-corrected chi connectivity index (χ0v) is 17.7. The third-order valence-corrected chi connectivity index (χ3v) is 6.21. The molecule has 1 N–H and O–H groups in total. The van der Waals surface area contributed by atoms with E-state index in [9.17, 15) is 13.2 Å². The quantitative estimate of drug-likeness (QED) is 0.591. The van der Waals surface area contributed by atoms with Gasteiger partial charge in [0.2, 0.25) is 0 Å². The van der Waals surface area contributed by atoms with Crippen LogP contribution in [0.1, 0.15) is 24.0 Å². The normalized spacial score (nSPS) is 14.8. The molecule has 2 aromatic carbocycles. The number of nitrogens with one attached hydrogen (secondary N) is 1. The van der Waals surface area contributed by atoms with Crippen LogP contribution in [0.2, 0.25) is 0 Å². The third kappa shape index (κ3) is 4.74. The van der Waals surface area contributed by atoms with E-state index in [1.807, 2.05) is 46.9 Å². The highest BCUT2D eigenvalue weighted by molar-refractivity contribution is 14.1. The first-order valence-corrected chi connectivity index (χ1v) is 10.9. The summed E-state index contributed by atoms with van der Waals surface area (Å²) in [5, 5.41) is 2.86. The number of nitrogens with zero attached hydrogens (tertiary/aromatic N) is 1. The number of hydrogen-bond acceptors (Lipinski definition) is 5. The topological polar surface area (TPSA) is 84.8 Å². The number of benzene rings is 2. The molecule has 0 fully saturated rings. The van der Waals surface area contributed by atoms with Gasteiger partial charge in [-0.3, -0.25) is 4.79 Å². The molecule has 27 heavy (non-hydrogen) atoms. The second kappa shape index (κ2) is 8.49. The Hall–Kier alpha value is -1.78. The number of Topliss-reactive ketones (excluding diaryl/α,β-unsaturated/α-hetero) is 1. The molecule has 6 nitrogen and oxygen atoms in total. The van der Waals surface area contributed by atoms with Gasteiger partial charge in [0.1, 0.15) is 4.90 Å². The van der Waals surface area contributed by atoms with Crippen molar-refractivity contribution in [3.8, 4) is 0 Å². The van der Waals surface area contributed by atoms with E-state index in [2.05, 4.69) is 9.71 Å². The summed E-state index contributed by atoms with van der Waals surface area (Å²) >= 11 is 2.04. The lowest BCUT2D eigenvalue weighted by atomic mass is 10.0. The molecule has 0 amide bonds. The Morgan fingerprint density at radius 2 is 1.93 bits per heavy atom. The fourth-order valence-corrected chi connectivity index (χ4v) is 4.77. The number of amidine groups is 1. The molecule has 1 aliphatic rings. The van der Waals surface area contributed by atoms with E-state index in [-0.39, 0.29) is 22.9 Å². The molecule has 1 aliphatic heterocycles. The molecular weight excluding hydrogens is 479 g/mol. The highest BCUT2D eigenvalue weighted by atomic mass is 127. The summed E-state index contributed by atoms with van der Waals surface area (Å²) in [4.78, 5) is 12.6. The van der Waals surface area contributed by atoms with Gasteiger partial charge >= 0.3 is 0 Å². The Morgan fingerprint density at radius 3 is 2.67 bits per heavy atom. The number of aryl methyl sites for hydroxylation is 1. The van der Waals surface area contributed by atoms with E-state index in [0.29, 0.717) is 25.1 Å². The van der Waals surface area contributed by atoms with Crippen LogP contribution in [0.4, 0.5) is 5.69 Å². The second-order valence-electron chi connectivity index (χ2n) is 6.16. The molecule has 0 saturated carbocycles. The number of ketones is 1. The minimum atomic E-state index is -3.87. The van der Waals surface area contributed by atoms with Gasteiger partial charge in [0.05, 0.1) is 12.3 Å². The zero-order valence-electron chi connectivity index (χ0n) is 14.7. The monoisotopic (exact) mass is 498 g/mol. The number of hydrogen-bond donors (Lipinski definition) is 1. The number of anilines is 1. The first-order chi connectivity index (χ1) is 12.9. The van der Waals surface area contributed by atoms with Gasteiger partial charge in [-0.2, -0.15) is 8.42 Å². The van der Waals surface area contributed by atoms with Crippen LogP contribution in [0.5, 0.6) is 0 Å². The minimum absolute atomic E-state index is 0.0967. The van der Waals surface area contributed by atoms with E-state index < -0.39 is 10.0 Å². The Balaban J connectivity index is 1.68. The molecule has 2 aromatic rings. The molecule has 0 bridgehead atoms. The highest BCUT2D eigenvalue weighted by Gasteiger charge is 2.27. The lowest BCUT2D eigenvalue weighted by Crippen LogP contribution is -2.29. The summed E-state index contributed by atoms with van der Waals surface area (Å²) < 4.78 is 34.4. The van der Waals surface area contributed by atoms with Crippen LogP contribution < -0.4 is 5.32 Å². The van der Waals surface area contributed by atoms with Crippen LogP contribution in [0, 0.1) is 3.57 Å². The second-order valence-corrected chi connectivity index (χ2v) is 8.98. The van der Waals surface area contributed by atoms with Gasteiger partial charge in [0.25, 0.3) is 10.0 Å². The number of rotatable bonds is 7. The predicted octanol–water partition coefficient (Wildman–Crippen LogP) is 3.54. The number of fused-ring (bicyclic) bond motifs is 1. The number of methoxy groups -OCH3 is 1. The Morgan fingerprint density at radius 1 is 1.19 bits per heavy atom. The van der Waals surface area contributed by atoms with E-state index in [0.717, 1.165) is 14.7 Å². The van der Waals surface area contributed by atoms with Crippen molar-refractivity contribution < 1.29 is 17.9 Å². The fraction of sp³-hybridized carbons (Fsp3) is 0.263. The molecule has 0 spiro atoms. The van der Waals surface area contributed by atoms with Crippen LogP contribution >= 0.6 is 22.6 Å². The standard InChI is InChI=1S/C19H19IN2O4S/c1-26-12-14-6-3-2-5-13(14)7-4-8-17(23)19-21-16-10-9-15(20)11-18(16)27(24,25)22-19/h2-3,5-6,9-11H,4,7-8,12H2,1H3,(H,21,22). The first kappa shape index (κ1) is 20.0. The summed E-state index contributed by atoms with van der Waals surface area (Å²) in [5.74, 6) is -0.430. The predicted molar refractivity (Wildman–Crippen MR) is 113 cm³/mol. The summed E-state index contributed by atoms with van der Waals surface area (Å²) in [6, 6.07) is 12.9. The fourth-order valence-electron chi connectivity index (χ4n) is 2.91. The van der Waals surface area contributed by atoms with Crippen molar-refractivity contribution in [2.45, 2.75) is 30.8 Å². The van der Waals surface area contributed by atoms with Crippen molar-refractivity contribution in [1.82, 2.24) is 0 Å². The number of carbonyl (C=O) groups excluding carboxylic acids is 1. The van der Waals surface area contributed by atoms with Crippen molar-refractivity contribution >= 4 is 49.9 Å². The maximum absolute atomic E-state index is 12.5. The van der Waals surface area contributed by atoms with Crippen molar-refractivity contribution in [1.29, 1.82) is 0 Å². The molecule has 3 rings (SSSR count). The Labute approximate surface area is 172 Å². The summed E-state index contributed by atoms with van der Waals surface area (Å²) in [7, 11) is -2.22. The molecule has 0 aliphatic carbocycles. The SMILES string of the molecule is COCc1ccccc1CCCC(=O)C1=NS(=O)(=O)c2cc(I)ccc2N1. The Kier molecular flexibility index (Phi) is 6.28. The van der Waals surface area contributed by atoms with Gasteiger partial charge in [-0.05, 0) is 64.8 Å². The van der Waals surface area contributed by atoms with E-state index in [1.54, 1.807) is 19.2 Å². The van der Waals surface area contributed by atoms with E-state index in [4.69, 9.17) is 4.74 Å². The van der Waals surface area contributed by atoms with E-state index >= 15 is 0 Å². The number of halogens is 1. The van der Waals surface area contributed by atoms with Crippen LogP contribution in [-0.4, -0.2) is 27.1 Å². The van der Waals surface area contributed by atoms with E-state index in [1.165, 1.54) is 6.07 Å². The van der Waals surface area contributed by atoms with Crippen LogP contribution in [0.3, 0.4) is 0 Å². The van der Waals surface area contributed by atoms with Gasteiger partial charge < -0.3 is 10.1 Å². The molecule has 142 valence electrons. The molecule has 0 atom stereocenters. The lowest BCUT2D eigenvalue weighted by molar-refractivity contribution is -0.113.